The van der Waals surface area contributed by atoms with E-state index in [1.54, 1.807) is 51.1 Å². The van der Waals surface area contributed by atoms with Gasteiger partial charge in [-0.1, -0.05) is 30.3 Å². The van der Waals surface area contributed by atoms with Gasteiger partial charge in [0.15, 0.2) is 5.78 Å². The van der Waals surface area contributed by atoms with Crippen molar-refractivity contribution in [1.82, 2.24) is 4.72 Å². The molecule has 1 aromatic rings. The van der Waals surface area contributed by atoms with Gasteiger partial charge in [-0.25, -0.2) is 13.1 Å². The second-order valence-corrected chi connectivity index (χ2v) is 7.25. The molecule has 17 heavy (non-hydrogen) atoms. The summed E-state index contributed by atoms with van der Waals surface area (Å²) >= 11 is 0. The second-order valence-electron chi connectivity index (χ2n) is 4.73. The number of carbonyl (C=O) groups is 1. The lowest BCUT2D eigenvalue weighted by Gasteiger charge is -2.19. The van der Waals surface area contributed by atoms with Crippen LogP contribution in [0.2, 0.25) is 0 Å². The maximum absolute atomic E-state index is 11.7. The molecule has 0 saturated heterocycles. The Morgan fingerprint density at radius 1 is 1.18 bits per heavy atom. The molecule has 1 N–H and O–H groups in total. The van der Waals surface area contributed by atoms with Gasteiger partial charge in [-0.2, -0.15) is 0 Å². The van der Waals surface area contributed by atoms with E-state index < -0.39 is 14.8 Å². The van der Waals surface area contributed by atoms with E-state index in [1.165, 1.54) is 0 Å². The van der Waals surface area contributed by atoms with Crippen LogP contribution in [0.3, 0.4) is 0 Å². The first-order valence-electron chi connectivity index (χ1n) is 5.31. The Labute approximate surface area is 102 Å². The van der Waals surface area contributed by atoms with E-state index in [1.807, 2.05) is 0 Å². The van der Waals surface area contributed by atoms with Gasteiger partial charge in [-0.05, 0) is 20.8 Å². The van der Waals surface area contributed by atoms with Gasteiger partial charge in [0.2, 0.25) is 10.0 Å². The minimum atomic E-state index is -3.47. The molecule has 1 aromatic carbocycles. The summed E-state index contributed by atoms with van der Waals surface area (Å²) in [5.74, 6) is -0.238. The fourth-order valence-electron chi connectivity index (χ4n) is 1.10. The Bertz CT molecular complexity index is 486. The molecule has 0 atom stereocenters. The Morgan fingerprint density at radius 2 is 1.71 bits per heavy atom. The summed E-state index contributed by atoms with van der Waals surface area (Å²) < 4.78 is 24.9. The predicted molar refractivity (Wildman–Crippen MR) is 67.4 cm³/mol. The average Bonchev–Trinajstić information content (AvgIpc) is 2.25. The maximum atomic E-state index is 11.7. The number of carbonyl (C=O) groups excluding carboxylic acids is 1. The highest BCUT2D eigenvalue weighted by atomic mass is 32.2. The number of sulfonamides is 1. The summed E-state index contributed by atoms with van der Waals surface area (Å²) in [6.45, 7) is 4.55. The number of nitrogens with one attached hydrogen (secondary N) is 1. The molecule has 0 aromatic heterocycles. The summed E-state index contributed by atoms with van der Waals surface area (Å²) in [6, 6.07) is 8.61. The maximum Gasteiger partial charge on any atom is 0.216 e. The van der Waals surface area contributed by atoms with Crippen LogP contribution in [0.4, 0.5) is 0 Å². The number of benzene rings is 1. The molecule has 0 bridgehead atoms. The fourth-order valence-corrected chi connectivity index (χ4v) is 1.86. The molecule has 0 aliphatic carbocycles. The normalized spacial score (nSPS) is 12.4. The third-order valence-corrected chi connectivity index (χ3v) is 4.46. The van der Waals surface area contributed by atoms with Crippen LogP contribution < -0.4 is 4.72 Å². The molecular formula is C12H17NO3S. The summed E-state index contributed by atoms with van der Waals surface area (Å²) in [4.78, 5) is 11.7. The first kappa shape index (κ1) is 13.9. The molecule has 0 aliphatic rings. The largest absolute Gasteiger partial charge is 0.293 e. The van der Waals surface area contributed by atoms with Crippen molar-refractivity contribution in [2.75, 3.05) is 6.54 Å². The number of Topliss-reactive ketones (excluding diaryl/α,β-unsaturated/α-hetero) is 1. The van der Waals surface area contributed by atoms with Crippen LogP contribution in [0.25, 0.3) is 0 Å². The summed E-state index contributed by atoms with van der Waals surface area (Å²) in [6.07, 6.45) is 0. The molecule has 0 aliphatic heterocycles. The summed E-state index contributed by atoms with van der Waals surface area (Å²) in [7, 11) is -3.47. The van der Waals surface area contributed by atoms with Crippen molar-refractivity contribution in [2.24, 2.45) is 0 Å². The van der Waals surface area contributed by atoms with Gasteiger partial charge >= 0.3 is 0 Å². The Kier molecular flexibility index (Phi) is 4.06. The first-order valence-corrected chi connectivity index (χ1v) is 6.80. The van der Waals surface area contributed by atoms with E-state index in [0.717, 1.165) is 0 Å². The van der Waals surface area contributed by atoms with Gasteiger partial charge in [0.05, 0.1) is 11.3 Å². The highest BCUT2D eigenvalue weighted by Gasteiger charge is 2.29. The van der Waals surface area contributed by atoms with Crippen molar-refractivity contribution in [2.45, 2.75) is 25.5 Å². The molecule has 0 amide bonds. The Hall–Kier alpha value is -1.20. The molecule has 0 fully saturated rings. The van der Waals surface area contributed by atoms with E-state index in [2.05, 4.69) is 4.72 Å². The van der Waals surface area contributed by atoms with E-state index in [-0.39, 0.29) is 12.3 Å². The van der Waals surface area contributed by atoms with Gasteiger partial charge in [-0.3, -0.25) is 4.79 Å². The van der Waals surface area contributed by atoms with Crippen molar-refractivity contribution in [1.29, 1.82) is 0 Å². The summed E-state index contributed by atoms with van der Waals surface area (Å²) in [5, 5.41) is 0. The van der Waals surface area contributed by atoms with Crippen molar-refractivity contribution in [3.63, 3.8) is 0 Å². The molecule has 4 nitrogen and oxygen atoms in total. The molecule has 94 valence electrons. The Balaban J connectivity index is 2.68. The Morgan fingerprint density at radius 3 is 2.18 bits per heavy atom. The molecule has 5 heteroatoms. The van der Waals surface area contributed by atoms with Crippen molar-refractivity contribution >= 4 is 15.8 Å². The third-order valence-electron chi connectivity index (χ3n) is 2.32. The van der Waals surface area contributed by atoms with Crippen LogP contribution in [0.15, 0.2) is 30.3 Å². The van der Waals surface area contributed by atoms with Gasteiger partial charge in [0.25, 0.3) is 0 Å². The average molecular weight is 255 g/mol. The number of rotatable bonds is 4. The lowest BCUT2D eigenvalue weighted by molar-refractivity contribution is 0.0997. The summed E-state index contributed by atoms with van der Waals surface area (Å²) in [5.41, 5.74) is 0.504. The van der Waals surface area contributed by atoms with Crippen LogP contribution >= 0.6 is 0 Å². The molecular weight excluding hydrogens is 238 g/mol. The fraction of sp³-hybridized carbons (Fsp3) is 0.417. The molecule has 0 spiro atoms. The van der Waals surface area contributed by atoms with E-state index in [0.29, 0.717) is 5.56 Å². The number of hydrogen-bond acceptors (Lipinski definition) is 3. The van der Waals surface area contributed by atoms with E-state index in [4.69, 9.17) is 0 Å². The van der Waals surface area contributed by atoms with Crippen LogP contribution in [0, 0.1) is 0 Å². The van der Waals surface area contributed by atoms with E-state index in [9.17, 15) is 13.2 Å². The van der Waals surface area contributed by atoms with Crippen LogP contribution in [-0.4, -0.2) is 25.5 Å². The van der Waals surface area contributed by atoms with Crippen molar-refractivity contribution in [3.8, 4) is 0 Å². The van der Waals surface area contributed by atoms with Crippen molar-refractivity contribution < 1.29 is 13.2 Å². The smallest absolute Gasteiger partial charge is 0.216 e. The van der Waals surface area contributed by atoms with Crippen LogP contribution in [-0.2, 0) is 10.0 Å². The standard InChI is InChI=1S/C12H17NO3S/c1-12(2,3)17(15,16)13-9-11(14)10-7-5-4-6-8-10/h4-8,13H,9H2,1-3H3. The highest BCUT2D eigenvalue weighted by molar-refractivity contribution is 7.90. The lowest BCUT2D eigenvalue weighted by Crippen LogP contribution is -2.41. The molecule has 0 radical (unpaired) electrons. The van der Waals surface area contributed by atoms with Crippen molar-refractivity contribution in [3.05, 3.63) is 35.9 Å². The first-order chi connectivity index (χ1) is 7.74. The molecule has 0 unspecified atom stereocenters. The minimum Gasteiger partial charge on any atom is -0.293 e. The molecule has 0 saturated carbocycles. The topological polar surface area (TPSA) is 63.2 Å². The van der Waals surface area contributed by atoms with Gasteiger partial charge in [-0.15, -0.1) is 0 Å². The SMILES string of the molecule is CC(C)(C)S(=O)(=O)NCC(=O)c1ccccc1. The second kappa shape index (κ2) is 4.98. The highest BCUT2D eigenvalue weighted by Crippen LogP contribution is 2.12. The minimum absolute atomic E-state index is 0.205. The third kappa shape index (κ3) is 3.64. The predicted octanol–water partition coefficient (Wildman–Crippen LogP) is 1.59. The molecule has 0 heterocycles. The monoisotopic (exact) mass is 255 g/mol. The quantitative estimate of drug-likeness (QED) is 0.831. The van der Waals surface area contributed by atoms with Gasteiger partial charge in [0.1, 0.15) is 0 Å². The van der Waals surface area contributed by atoms with Gasteiger partial charge < -0.3 is 0 Å². The zero-order valence-electron chi connectivity index (χ0n) is 10.2. The number of hydrogen-bond donors (Lipinski definition) is 1. The van der Waals surface area contributed by atoms with Gasteiger partial charge in [0, 0.05) is 5.56 Å². The number of ketones is 1. The zero-order chi connectivity index (χ0) is 13.1. The molecule has 1 rings (SSSR count). The van der Waals surface area contributed by atoms with Crippen LogP contribution in [0.5, 0.6) is 0 Å². The van der Waals surface area contributed by atoms with E-state index >= 15 is 0 Å². The van der Waals surface area contributed by atoms with Crippen LogP contribution in [0.1, 0.15) is 31.1 Å². The zero-order valence-corrected chi connectivity index (χ0v) is 11.0. The lowest BCUT2D eigenvalue weighted by atomic mass is 10.1.